The summed E-state index contributed by atoms with van der Waals surface area (Å²) in [5.41, 5.74) is 7.32. The molecule has 2 aromatic rings. The Labute approximate surface area is 125 Å². The number of anilines is 1. The standard InChI is InChI=1S/C13H14N4O3S/c1-7-3-9(11(17(19)20)4-8(7)2)16-13(18)10-6-21-12(5-14)15-10/h3-4,6H,5,14H2,1-2H3,(H,16,18). The zero-order chi connectivity index (χ0) is 15.6. The molecule has 1 aromatic heterocycles. The molecule has 0 atom stereocenters. The summed E-state index contributed by atoms with van der Waals surface area (Å²) in [6, 6.07) is 3.03. The zero-order valence-corrected chi connectivity index (χ0v) is 12.4. The molecule has 8 heteroatoms. The van der Waals surface area contributed by atoms with Crippen molar-refractivity contribution in [3.8, 4) is 0 Å². The molecule has 3 N–H and O–H groups in total. The number of aromatic nitrogens is 1. The zero-order valence-electron chi connectivity index (χ0n) is 11.5. The second kappa shape index (κ2) is 5.98. The van der Waals surface area contributed by atoms with Gasteiger partial charge in [-0.3, -0.25) is 14.9 Å². The molecular formula is C13H14N4O3S. The maximum atomic E-state index is 12.1. The lowest BCUT2D eigenvalue weighted by atomic mass is 10.1. The fraction of sp³-hybridized carbons (Fsp3) is 0.231. The van der Waals surface area contributed by atoms with Crippen LogP contribution in [0.3, 0.4) is 0 Å². The van der Waals surface area contributed by atoms with Gasteiger partial charge in [0.2, 0.25) is 0 Å². The van der Waals surface area contributed by atoms with Crippen LogP contribution in [0.2, 0.25) is 0 Å². The number of benzene rings is 1. The highest BCUT2D eigenvalue weighted by atomic mass is 32.1. The average Bonchev–Trinajstić information content (AvgIpc) is 2.91. The van der Waals surface area contributed by atoms with Crippen LogP contribution in [0, 0.1) is 24.0 Å². The molecule has 1 aromatic carbocycles. The Hall–Kier alpha value is -2.32. The lowest BCUT2D eigenvalue weighted by molar-refractivity contribution is -0.384. The number of carbonyl (C=O) groups is 1. The van der Waals surface area contributed by atoms with Crippen LogP contribution in [-0.2, 0) is 6.54 Å². The van der Waals surface area contributed by atoms with Gasteiger partial charge in [0.05, 0.1) is 4.92 Å². The van der Waals surface area contributed by atoms with Gasteiger partial charge in [-0.1, -0.05) is 0 Å². The average molecular weight is 306 g/mol. The summed E-state index contributed by atoms with van der Waals surface area (Å²) >= 11 is 1.27. The van der Waals surface area contributed by atoms with Crippen molar-refractivity contribution in [1.29, 1.82) is 0 Å². The molecule has 0 aliphatic carbocycles. The van der Waals surface area contributed by atoms with Crippen molar-refractivity contribution in [1.82, 2.24) is 4.98 Å². The van der Waals surface area contributed by atoms with Crippen molar-refractivity contribution in [2.45, 2.75) is 20.4 Å². The van der Waals surface area contributed by atoms with Crippen LogP contribution < -0.4 is 11.1 Å². The minimum atomic E-state index is -0.519. The van der Waals surface area contributed by atoms with Crippen molar-refractivity contribution in [2.75, 3.05) is 5.32 Å². The van der Waals surface area contributed by atoms with Crippen molar-refractivity contribution >= 4 is 28.6 Å². The van der Waals surface area contributed by atoms with Crippen LogP contribution in [0.4, 0.5) is 11.4 Å². The van der Waals surface area contributed by atoms with Crippen LogP contribution in [0.15, 0.2) is 17.5 Å². The largest absolute Gasteiger partial charge is 0.325 e. The van der Waals surface area contributed by atoms with Gasteiger partial charge in [-0.15, -0.1) is 11.3 Å². The van der Waals surface area contributed by atoms with E-state index in [4.69, 9.17) is 5.73 Å². The first-order valence-corrected chi connectivity index (χ1v) is 7.01. The maximum Gasteiger partial charge on any atom is 0.293 e. The monoisotopic (exact) mass is 306 g/mol. The molecule has 0 spiro atoms. The number of amides is 1. The number of hydrogen-bond donors (Lipinski definition) is 2. The second-order valence-corrected chi connectivity index (χ2v) is 5.44. The van der Waals surface area contributed by atoms with Gasteiger partial charge in [0.1, 0.15) is 16.4 Å². The normalized spacial score (nSPS) is 10.4. The third kappa shape index (κ3) is 3.23. The number of nitrogens with two attached hydrogens (primary N) is 1. The number of nitrogens with zero attached hydrogens (tertiary/aromatic N) is 2. The minimum Gasteiger partial charge on any atom is -0.325 e. The SMILES string of the molecule is Cc1cc(NC(=O)c2csc(CN)n2)c([N+](=O)[O-])cc1C. The number of nitro benzene ring substituents is 1. The van der Waals surface area contributed by atoms with E-state index in [0.717, 1.165) is 11.1 Å². The fourth-order valence-electron chi connectivity index (χ4n) is 1.75. The van der Waals surface area contributed by atoms with E-state index in [9.17, 15) is 14.9 Å². The summed E-state index contributed by atoms with van der Waals surface area (Å²) in [6.45, 7) is 3.85. The number of hydrogen-bond acceptors (Lipinski definition) is 6. The van der Waals surface area contributed by atoms with Crippen molar-refractivity contribution in [3.05, 3.63) is 49.5 Å². The molecule has 0 saturated heterocycles. The summed E-state index contributed by atoms with van der Waals surface area (Å²) in [7, 11) is 0. The van der Waals surface area contributed by atoms with Crippen molar-refractivity contribution in [3.63, 3.8) is 0 Å². The van der Waals surface area contributed by atoms with E-state index in [1.165, 1.54) is 17.4 Å². The van der Waals surface area contributed by atoms with Gasteiger partial charge in [-0.25, -0.2) is 4.98 Å². The Morgan fingerprint density at radius 3 is 2.67 bits per heavy atom. The number of nitro groups is 1. The van der Waals surface area contributed by atoms with Crippen LogP contribution >= 0.6 is 11.3 Å². The number of carbonyl (C=O) groups excluding carboxylic acids is 1. The van der Waals surface area contributed by atoms with Gasteiger partial charge < -0.3 is 11.1 Å². The first-order valence-electron chi connectivity index (χ1n) is 6.14. The Morgan fingerprint density at radius 1 is 1.43 bits per heavy atom. The predicted octanol–water partition coefficient (Wildman–Crippen LogP) is 2.38. The number of aryl methyl sites for hydroxylation is 2. The topological polar surface area (TPSA) is 111 Å². The molecule has 0 unspecified atom stereocenters. The highest BCUT2D eigenvalue weighted by Crippen LogP contribution is 2.28. The second-order valence-electron chi connectivity index (χ2n) is 4.50. The van der Waals surface area contributed by atoms with Crippen molar-refractivity contribution < 1.29 is 9.72 Å². The van der Waals surface area contributed by atoms with E-state index in [1.54, 1.807) is 18.4 Å². The molecule has 110 valence electrons. The Morgan fingerprint density at radius 2 is 2.10 bits per heavy atom. The quantitative estimate of drug-likeness (QED) is 0.665. The summed E-state index contributed by atoms with van der Waals surface area (Å²) < 4.78 is 0. The Balaban J connectivity index is 2.32. The Bertz CT molecular complexity index is 711. The van der Waals surface area contributed by atoms with Crippen LogP contribution in [0.25, 0.3) is 0 Å². The molecule has 0 saturated carbocycles. The molecule has 1 heterocycles. The van der Waals surface area contributed by atoms with E-state index < -0.39 is 10.8 Å². The third-order valence-corrected chi connectivity index (χ3v) is 3.89. The fourth-order valence-corrected chi connectivity index (χ4v) is 2.40. The van der Waals surface area contributed by atoms with Gasteiger partial charge in [0.25, 0.3) is 11.6 Å². The summed E-state index contributed by atoms with van der Waals surface area (Å²) in [4.78, 5) is 26.7. The van der Waals surface area contributed by atoms with Crippen LogP contribution in [-0.4, -0.2) is 15.8 Å². The number of nitrogens with one attached hydrogen (secondary N) is 1. The lowest BCUT2D eigenvalue weighted by Gasteiger charge is -2.07. The molecule has 0 fully saturated rings. The van der Waals surface area contributed by atoms with Crippen LogP contribution in [0.1, 0.15) is 26.6 Å². The summed E-state index contributed by atoms with van der Waals surface area (Å²) in [5, 5.41) is 15.8. The molecule has 0 aliphatic heterocycles. The van der Waals surface area contributed by atoms with E-state index in [-0.39, 0.29) is 23.6 Å². The number of thiazole rings is 1. The van der Waals surface area contributed by atoms with E-state index in [0.29, 0.717) is 5.01 Å². The van der Waals surface area contributed by atoms with Crippen molar-refractivity contribution in [2.24, 2.45) is 5.73 Å². The first kappa shape index (κ1) is 15.1. The van der Waals surface area contributed by atoms with Gasteiger partial charge in [-0.2, -0.15) is 0 Å². The third-order valence-electron chi connectivity index (χ3n) is 3.02. The number of rotatable bonds is 4. The molecule has 21 heavy (non-hydrogen) atoms. The van der Waals surface area contributed by atoms with E-state index >= 15 is 0 Å². The van der Waals surface area contributed by atoms with E-state index in [1.807, 2.05) is 6.92 Å². The molecule has 0 radical (unpaired) electrons. The lowest BCUT2D eigenvalue weighted by Crippen LogP contribution is -2.14. The molecule has 7 nitrogen and oxygen atoms in total. The maximum absolute atomic E-state index is 12.1. The van der Waals surface area contributed by atoms with Gasteiger partial charge >= 0.3 is 0 Å². The Kier molecular flexibility index (Phi) is 4.29. The predicted molar refractivity (Wildman–Crippen MR) is 80.5 cm³/mol. The smallest absolute Gasteiger partial charge is 0.293 e. The van der Waals surface area contributed by atoms with E-state index in [2.05, 4.69) is 10.3 Å². The minimum absolute atomic E-state index is 0.138. The highest BCUT2D eigenvalue weighted by Gasteiger charge is 2.19. The van der Waals surface area contributed by atoms with Gasteiger partial charge in [-0.05, 0) is 31.0 Å². The van der Waals surface area contributed by atoms with Gasteiger partial charge in [0.15, 0.2) is 0 Å². The summed E-state index contributed by atoms with van der Waals surface area (Å²) in [6.07, 6.45) is 0. The summed E-state index contributed by atoms with van der Waals surface area (Å²) in [5.74, 6) is -0.489. The molecule has 0 aliphatic rings. The molecule has 0 bridgehead atoms. The van der Waals surface area contributed by atoms with Crippen LogP contribution in [0.5, 0.6) is 0 Å². The highest BCUT2D eigenvalue weighted by molar-refractivity contribution is 7.09. The van der Waals surface area contributed by atoms with Gasteiger partial charge in [0, 0.05) is 18.0 Å². The molecule has 2 rings (SSSR count). The first-order chi connectivity index (χ1) is 9.92. The molecular weight excluding hydrogens is 292 g/mol. The molecule has 1 amide bonds.